The molecule has 0 atom stereocenters. The van der Waals surface area contributed by atoms with Gasteiger partial charge in [0.25, 0.3) is 11.8 Å². The Morgan fingerprint density at radius 2 is 1.60 bits per heavy atom. The number of nitrogens with one attached hydrogen (secondary N) is 1. The molecule has 0 unspecified atom stereocenters. The summed E-state index contributed by atoms with van der Waals surface area (Å²) in [6.45, 7) is 0.190. The molecule has 0 saturated carbocycles. The topological polar surface area (TPSA) is 113 Å². The van der Waals surface area contributed by atoms with Crippen molar-refractivity contribution in [3.8, 4) is 5.75 Å². The smallest absolute Gasteiger partial charge is 0.335 e. The molecule has 1 fully saturated rings. The summed E-state index contributed by atoms with van der Waals surface area (Å²) in [4.78, 5) is 49.9. The highest BCUT2D eigenvalue weighted by molar-refractivity contribution is 6.39. The van der Waals surface area contributed by atoms with E-state index in [2.05, 4.69) is 5.32 Å². The van der Waals surface area contributed by atoms with Gasteiger partial charge < -0.3 is 9.84 Å². The number of carboxylic acid groups (broad SMARTS) is 1. The normalized spacial score (nSPS) is 14.7. The maximum absolute atomic E-state index is 13.2. The van der Waals surface area contributed by atoms with Crippen molar-refractivity contribution in [2.24, 2.45) is 0 Å². The molecular formula is C25H16Cl2N2O6. The van der Waals surface area contributed by atoms with Gasteiger partial charge in [0.2, 0.25) is 0 Å². The second-order valence-corrected chi connectivity index (χ2v) is 8.28. The molecule has 1 saturated heterocycles. The van der Waals surface area contributed by atoms with Crippen LogP contribution < -0.4 is 15.0 Å². The monoisotopic (exact) mass is 510 g/mol. The van der Waals surface area contributed by atoms with Gasteiger partial charge in [0, 0.05) is 15.6 Å². The number of hydrogen-bond donors (Lipinski definition) is 2. The third-order valence-electron chi connectivity index (χ3n) is 5.05. The summed E-state index contributed by atoms with van der Waals surface area (Å²) in [7, 11) is 0. The molecule has 0 aromatic heterocycles. The maximum Gasteiger partial charge on any atom is 0.335 e. The lowest BCUT2D eigenvalue weighted by Gasteiger charge is -2.26. The third-order valence-corrected chi connectivity index (χ3v) is 5.54. The van der Waals surface area contributed by atoms with Gasteiger partial charge in [-0.15, -0.1) is 0 Å². The first kappa shape index (κ1) is 24.0. The number of carboxylic acids is 1. The minimum absolute atomic E-state index is 0.0214. The molecule has 1 heterocycles. The molecule has 1 aliphatic heterocycles. The minimum Gasteiger partial charge on any atom is -0.488 e. The predicted molar refractivity (Wildman–Crippen MR) is 130 cm³/mol. The zero-order valence-corrected chi connectivity index (χ0v) is 19.3. The number of amides is 4. The Kier molecular flexibility index (Phi) is 6.86. The fourth-order valence-corrected chi connectivity index (χ4v) is 3.61. The van der Waals surface area contributed by atoms with Gasteiger partial charge in [0.1, 0.15) is 17.9 Å². The van der Waals surface area contributed by atoms with Crippen molar-refractivity contribution in [3.63, 3.8) is 0 Å². The standard InChI is InChI=1S/C25H16Cl2N2O6/c26-17-5-1-14(2-6-17)13-35-21-10-7-18(27)11-16(21)12-20-22(30)28-25(34)29(23(20)31)19-8-3-15(4-9-19)24(32)33/h1-12H,13H2,(H,32,33)(H,28,30,34)/b20-12+. The molecule has 3 aromatic carbocycles. The number of anilines is 1. The van der Waals surface area contributed by atoms with Crippen LogP contribution >= 0.6 is 23.2 Å². The zero-order chi connectivity index (χ0) is 25.1. The molecule has 8 nitrogen and oxygen atoms in total. The van der Waals surface area contributed by atoms with E-state index in [1.807, 2.05) is 0 Å². The molecule has 0 aliphatic carbocycles. The number of carbonyl (C=O) groups excluding carboxylic acids is 3. The van der Waals surface area contributed by atoms with Gasteiger partial charge in [-0.2, -0.15) is 0 Å². The van der Waals surface area contributed by atoms with E-state index in [9.17, 15) is 19.2 Å². The summed E-state index contributed by atoms with van der Waals surface area (Å²) in [6, 6.07) is 15.9. The number of urea groups is 1. The molecule has 4 rings (SSSR count). The van der Waals surface area contributed by atoms with Crippen molar-refractivity contribution in [2.45, 2.75) is 6.61 Å². The molecule has 10 heteroatoms. The largest absolute Gasteiger partial charge is 0.488 e. The highest BCUT2D eigenvalue weighted by atomic mass is 35.5. The van der Waals surface area contributed by atoms with Crippen LogP contribution in [0.3, 0.4) is 0 Å². The van der Waals surface area contributed by atoms with Gasteiger partial charge >= 0.3 is 12.0 Å². The lowest BCUT2D eigenvalue weighted by molar-refractivity contribution is -0.122. The molecular weight excluding hydrogens is 495 g/mol. The van der Waals surface area contributed by atoms with Crippen molar-refractivity contribution >= 4 is 58.8 Å². The number of ether oxygens (including phenoxy) is 1. The molecule has 3 aromatic rings. The van der Waals surface area contributed by atoms with Crippen molar-refractivity contribution in [1.29, 1.82) is 0 Å². The highest BCUT2D eigenvalue weighted by Gasteiger charge is 2.37. The second-order valence-electron chi connectivity index (χ2n) is 7.41. The fraction of sp³-hybridized carbons (Fsp3) is 0.0400. The number of halogens is 2. The van der Waals surface area contributed by atoms with E-state index in [1.165, 1.54) is 36.4 Å². The molecule has 0 spiro atoms. The number of imide groups is 2. The lowest BCUT2D eigenvalue weighted by atomic mass is 10.1. The fourth-order valence-electron chi connectivity index (χ4n) is 3.31. The summed E-state index contributed by atoms with van der Waals surface area (Å²) in [6.07, 6.45) is 1.28. The van der Waals surface area contributed by atoms with Gasteiger partial charge in [-0.3, -0.25) is 14.9 Å². The number of hydrogen-bond acceptors (Lipinski definition) is 5. The Labute approximate surface area is 209 Å². The summed E-state index contributed by atoms with van der Waals surface area (Å²) in [5, 5.41) is 12.1. The molecule has 0 radical (unpaired) electrons. The molecule has 35 heavy (non-hydrogen) atoms. The number of carbonyl (C=O) groups is 4. The Morgan fingerprint density at radius 1 is 0.943 bits per heavy atom. The number of aromatic carboxylic acids is 1. The van der Waals surface area contributed by atoms with E-state index in [-0.39, 0.29) is 23.4 Å². The molecule has 4 amide bonds. The van der Waals surface area contributed by atoms with Gasteiger partial charge in [-0.05, 0) is 66.2 Å². The number of benzene rings is 3. The first-order valence-corrected chi connectivity index (χ1v) is 10.9. The number of rotatable bonds is 6. The van der Waals surface area contributed by atoms with E-state index in [4.69, 9.17) is 33.0 Å². The molecule has 0 bridgehead atoms. The Hall–Kier alpha value is -4.14. The van der Waals surface area contributed by atoms with Crippen LogP contribution in [0.2, 0.25) is 10.0 Å². The first-order chi connectivity index (χ1) is 16.7. The van der Waals surface area contributed by atoms with Gasteiger partial charge in [-0.1, -0.05) is 35.3 Å². The van der Waals surface area contributed by atoms with Crippen LogP contribution in [0.5, 0.6) is 5.75 Å². The number of nitrogens with zero attached hydrogens (tertiary/aromatic N) is 1. The summed E-state index contributed by atoms with van der Waals surface area (Å²) in [5.74, 6) is -2.58. The maximum atomic E-state index is 13.2. The molecule has 1 aliphatic rings. The third kappa shape index (κ3) is 5.34. The van der Waals surface area contributed by atoms with E-state index in [1.54, 1.807) is 36.4 Å². The average molecular weight is 511 g/mol. The number of barbiturate groups is 1. The van der Waals surface area contributed by atoms with Gasteiger partial charge in [0.05, 0.1) is 11.3 Å². The van der Waals surface area contributed by atoms with Crippen molar-refractivity contribution in [1.82, 2.24) is 5.32 Å². The first-order valence-electron chi connectivity index (χ1n) is 10.1. The van der Waals surface area contributed by atoms with E-state index in [0.29, 0.717) is 21.4 Å². The average Bonchev–Trinajstić information content (AvgIpc) is 2.82. The van der Waals surface area contributed by atoms with Crippen LogP contribution in [0, 0.1) is 0 Å². The van der Waals surface area contributed by atoms with Crippen LogP contribution in [-0.2, 0) is 16.2 Å². The van der Waals surface area contributed by atoms with Crippen LogP contribution in [0.4, 0.5) is 10.5 Å². The summed E-state index contributed by atoms with van der Waals surface area (Å²) in [5.41, 5.74) is 0.940. The van der Waals surface area contributed by atoms with Gasteiger partial charge in [0.15, 0.2) is 0 Å². The van der Waals surface area contributed by atoms with Crippen molar-refractivity contribution < 1.29 is 29.0 Å². The SMILES string of the molecule is O=C1NC(=O)N(c2ccc(C(=O)O)cc2)C(=O)/C1=C/c1cc(Cl)ccc1OCc1ccc(Cl)cc1. The van der Waals surface area contributed by atoms with E-state index in [0.717, 1.165) is 10.5 Å². The van der Waals surface area contributed by atoms with E-state index < -0.39 is 23.8 Å². The van der Waals surface area contributed by atoms with Crippen LogP contribution in [-0.4, -0.2) is 28.9 Å². The van der Waals surface area contributed by atoms with E-state index >= 15 is 0 Å². The second kappa shape index (κ2) is 10.0. The predicted octanol–water partition coefficient (Wildman–Crippen LogP) is 4.94. The highest BCUT2D eigenvalue weighted by Crippen LogP contribution is 2.29. The Bertz CT molecular complexity index is 1370. The lowest BCUT2D eigenvalue weighted by Crippen LogP contribution is -2.54. The summed E-state index contributed by atoms with van der Waals surface area (Å²) < 4.78 is 5.87. The molecule has 176 valence electrons. The Morgan fingerprint density at radius 3 is 2.26 bits per heavy atom. The van der Waals surface area contributed by atoms with Crippen LogP contribution in [0.1, 0.15) is 21.5 Å². The minimum atomic E-state index is -1.16. The van der Waals surface area contributed by atoms with Gasteiger partial charge in [-0.25, -0.2) is 14.5 Å². The molecule has 2 N–H and O–H groups in total. The van der Waals surface area contributed by atoms with Crippen LogP contribution in [0.15, 0.2) is 72.3 Å². The van der Waals surface area contributed by atoms with Crippen molar-refractivity contribution in [3.05, 3.63) is 99.0 Å². The zero-order valence-electron chi connectivity index (χ0n) is 17.8. The Balaban J connectivity index is 1.65. The summed E-state index contributed by atoms with van der Waals surface area (Å²) >= 11 is 12.0. The quantitative estimate of drug-likeness (QED) is 0.358. The van der Waals surface area contributed by atoms with Crippen molar-refractivity contribution in [2.75, 3.05) is 4.90 Å². The van der Waals surface area contributed by atoms with Crippen LogP contribution in [0.25, 0.3) is 6.08 Å².